The van der Waals surface area contributed by atoms with Crippen LogP contribution in [0.3, 0.4) is 0 Å². The third-order valence-corrected chi connectivity index (χ3v) is 1.78. The summed E-state index contributed by atoms with van der Waals surface area (Å²) in [6.07, 6.45) is 1.14. The first-order valence-corrected chi connectivity index (χ1v) is 4.16. The molecule has 0 saturated carbocycles. The maximum Gasteiger partial charge on any atom is 0.278 e. The van der Waals surface area contributed by atoms with Crippen molar-refractivity contribution in [3.8, 4) is 5.75 Å². The van der Waals surface area contributed by atoms with E-state index < -0.39 is 5.91 Å². The van der Waals surface area contributed by atoms with Crippen LogP contribution in [0.1, 0.15) is 5.56 Å². The zero-order valence-electron chi connectivity index (χ0n) is 8.10. The molecular formula is C10H11NO4. The standard InChI is InChI=1S/C10H11NO4/c1-15-6-8(10(13)11-14)7-4-2-3-5-9(7)12/h2-6,12,14H,1H3,(H,11,13)/b8-6+. The molecule has 1 rings (SSSR count). The second-order valence-electron chi connectivity index (χ2n) is 2.73. The van der Waals surface area contributed by atoms with E-state index >= 15 is 0 Å². The quantitative estimate of drug-likeness (QED) is 0.299. The first-order valence-electron chi connectivity index (χ1n) is 4.16. The molecule has 15 heavy (non-hydrogen) atoms. The van der Waals surface area contributed by atoms with E-state index in [1.807, 2.05) is 0 Å². The normalized spacial score (nSPS) is 10.9. The molecule has 5 heteroatoms. The van der Waals surface area contributed by atoms with E-state index in [0.717, 1.165) is 6.26 Å². The second kappa shape index (κ2) is 5.02. The van der Waals surface area contributed by atoms with E-state index in [9.17, 15) is 9.90 Å². The van der Waals surface area contributed by atoms with Gasteiger partial charge in [-0.2, -0.15) is 0 Å². The maximum absolute atomic E-state index is 11.2. The molecule has 80 valence electrons. The van der Waals surface area contributed by atoms with Gasteiger partial charge in [-0.3, -0.25) is 10.0 Å². The summed E-state index contributed by atoms with van der Waals surface area (Å²) < 4.78 is 4.69. The van der Waals surface area contributed by atoms with Crippen molar-refractivity contribution in [1.29, 1.82) is 0 Å². The van der Waals surface area contributed by atoms with E-state index in [1.54, 1.807) is 12.1 Å². The van der Waals surface area contributed by atoms with Gasteiger partial charge in [0.05, 0.1) is 18.9 Å². The molecule has 0 heterocycles. The van der Waals surface area contributed by atoms with Crippen molar-refractivity contribution in [3.63, 3.8) is 0 Å². The van der Waals surface area contributed by atoms with Gasteiger partial charge in [-0.25, -0.2) is 5.48 Å². The topological polar surface area (TPSA) is 78.8 Å². The number of para-hydroxylation sites is 1. The van der Waals surface area contributed by atoms with Crippen LogP contribution in [0.15, 0.2) is 30.5 Å². The highest BCUT2D eigenvalue weighted by Crippen LogP contribution is 2.24. The average Bonchev–Trinajstić information content (AvgIpc) is 2.26. The zero-order chi connectivity index (χ0) is 11.3. The Balaban J connectivity index is 3.17. The van der Waals surface area contributed by atoms with Gasteiger partial charge in [0.25, 0.3) is 5.91 Å². The van der Waals surface area contributed by atoms with Gasteiger partial charge in [-0.15, -0.1) is 0 Å². The van der Waals surface area contributed by atoms with Crippen LogP contribution < -0.4 is 5.48 Å². The summed E-state index contributed by atoms with van der Waals surface area (Å²) >= 11 is 0. The van der Waals surface area contributed by atoms with Crippen molar-refractivity contribution in [2.45, 2.75) is 0 Å². The van der Waals surface area contributed by atoms with Crippen LogP contribution in [0, 0.1) is 0 Å². The second-order valence-corrected chi connectivity index (χ2v) is 2.73. The Morgan fingerprint density at radius 2 is 2.13 bits per heavy atom. The van der Waals surface area contributed by atoms with Gasteiger partial charge in [0.1, 0.15) is 5.75 Å². The number of hydroxylamine groups is 1. The lowest BCUT2D eigenvalue weighted by Gasteiger charge is -2.06. The minimum absolute atomic E-state index is 0.0399. The highest BCUT2D eigenvalue weighted by molar-refractivity contribution is 6.19. The Kier molecular flexibility index (Phi) is 3.70. The highest BCUT2D eigenvalue weighted by atomic mass is 16.5. The lowest BCUT2D eigenvalue weighted by atomic mass is 10.1. The van der Waals surface area contributed by atoms with Crippen molar-refractivity contribution in [1.82, 2.24) is 5.48 Å². The van der Waals surface area contributed by atoms with Crippen LogP contribution in [0.5, 0.6) is 5.75 Å². The van der Waals surface area contributed by atoms with E-state index in [4.69, 9.17) is 9.94 Å². The molecule has 0 radical (unpaired) electrons. The van der Waals surface area contributed by atoms with Crippen LogP contribution in [0.2, 0.25) is 0 Å². The highest BCUT2D eigenvalue weighted by Gasteiger charge is 2.14. The predicted molar refractivity (Wildman–Crippen MR) is 53.0 cm³/mol. The zero-order valence-corrected chi connectivity index (χ0v) is 8.10. The number of phenols is 1. The fourth-order valence-electron chi connectivity index (χ4n) is 1.12. The SMILES string of the molecule is CO/C=C(/C(=O)NO)c1ccccc1O. The van der Waals surface area contributed by atoms with Crippen LogP contribution in [-0.4, -0.2) is 23.3 Å². The fraction of sp³-hybridized carbons (Fsp3) is 0.100. The van der Waals surface area contributed by atoms with Gasteiger partial charge in [-0.1, -0.05) is 18.2 Å². The van der Waals surface area contributed by atoms with Crippen molar-refractivity contribution >= 4 is 11.5 Å². The van der Waals surface area contributed by atoms with E-state index in [0.29, 0.717) is 0 Å². The molecule has 0 aliphatic rings. The lowest BCUT2D eigenvalue weighted by Crippen LogP contribution is -2.20. The summed E-state index contributed by atoms with van der Waals surface area (Å²) in [6, 6.07) is 6.25. The number of aromatic hydroxyl groups is 1. The number of rotatable bonds is 3. The molecule has 0 atom stereocenters. The molecule has 5 nitrogen and oxygen atoms in total. The largest absolute Gasteiger partial charge is 0.507 e. The monoisotopic (exact) mass is 209 g/mol. The molecule has 0 aliphatic carbocycles. The van der Waals surface area contributed by atoms with Gasteiger partial charge in [0.15, 0.2) is 0 Å². The summed E-state index contributed by atoms with van der Waals surface area (Å²) in [5.41, 5.74) is 1.80. The molecule has 0 saturated heterocycles. The summed E-state index contributed by atoms with van der Waals surface area (Å²) in [5, 5.41) is 18.0. The Morgan fingerprint density at radius 3 is 2.67 bits per heavy atom. The molecule has 1 aromatic rings. The first kappa shape index (κ1) is 11.1. The average molecular weight is 209 g/mol. The first-order chi connectivity index (χ1) is 7.20. The summed E-state index contributed by atoms with van der Waals surface area (Å²) in [4.78, 5) is 11.2. The van der Waals surface area contributed by atoms with Crippen molar-refractivity contribution in [2.24, 2.45) is 0 Å². The minimum atomic E-state index is -0.752. The Morgan fingerprint density at radius 1 is 1.47 bits per heavy atom. The molecule has 0 aliphatic heterocycles. The Bertz CT molecular complexity index is 387. The molecule has 0 spiro atoms. The molecule has 0 unspecified atom stereocenters. The van der Waals surface area contributed by atoms with Crippen LogP contribution in [0.4, 0.5) is 0 Å². The van der Waals surface area contributed by atoms with Gasteiger partial charge in [0, 0.05) is 5.56 Å². The van der Waals surface area contributed by atoms with E-state index in [1.165, 1.54) is 24.7 Å². The van der Waals surface area contributed by atoms with Crippen molar-refractivity contribution in [2.75, 3.05) is 7.11 Å². The number of amides is 1. The van der Waals surface area contributed by atoms with Crippen molar-refractivity contribution in [3.05, 3.63) is 36.1 Å². The number of hydrogen-bond donors (Lipinski definition) is 3. The number of nitrogens with one attached hydrogen (secondary N) is 1. The molecule has 3 N–H and O–H groups in total. The van der Waals surface area contributed by atoms with Gasteiger partial charge >= 0.3 is 0 Å². The summed E-state index contributed by atoms with van der Waals surface area (Å²) in [5.74, 6) is -0.817. The third-order valence-electron chi connectivity index (χ3n) is 1.78. The molecule has 0 bridgehead atoms. The summed E-state index contributed by atoms with van der Waals surface area (Å²) in [7, 11) is 1.37. The van der Waals surface area contributed by atoms with Gasteiger partial charge < -0.3 is 9.84 Å². The number of phenolic OH excluding ortho intramolecular Hbond substituents is 1. The minimum Gasteiger partial charge on any atom is -0.507 e. The maximum atomic E-state index is 11.2. The summed E-state index contributed by atoms with van der Waals surface area (Å²) in [6.45, 7) is 0. The predicted octanol–water partition coefficient (Wildman–Crippen LogP) is 0.885. The molecular weight excluding hydrogens is 198 g/mol. The molecule has 1 aromatic carbocycles. The molecule has 0 aromatic heterocycles. The lowest BCUT2D eigenvalue weighted by molar-refractivity contribution is -0.123. The van der Waals surface area contributed by atoms with Gasteiger partial charge in [0.2, 0.25) is 0 Å². The van der Waals surface area contributed by atoms with E-state index in [2.05, 4.69) is 0 Å². The molecule has 1 amide bonds. The fourth-order valence-corrected chi connectivity index (χ4v) is 1.12. The number of methoxy groups -OCH3 is 1. The smallest absolute Gasteiger partial charge is 0.278 e. The number of carbonyl (C=O) groups is 1. The van der Waals surface area contributed by atoms with Crippen LogP contribution in [0.25, 0.3) is 5.57 Å². The Labute approximate surface area is 86.6 Å². The number of ether oxygens (including phenoxy) is 1. The van der Waals surface area contributed by atoms with Crippen molar-refractivity contribution < 1.29 is 19.8 Å². The third kappa shape index (κ3) is 2.47. The molecule has 0 fully saturated rings. The van der Waals surface area contributed by atoms with Crippen LogP contribution in [-0.2, 0) is 9.53 Å². The number of hydrogen-bond acceptors (Lipinski definition) is 4. The number of benzene rings is 1. The van der Waals surface area contributed by atoms with Crippen LogP contribution >= 0.6 is 0 Å². The number of carbonyl (C=O) groups excluding carboxylic acids is 1. The van der Waals surface area contributed by atoms with E-state index in [-0.39, 0.29) is 16.9 Å². The Hall–Kier alpha value is -2.01. The van der Waals surface area contributed by atoms with Gasteiger partial charge in [-0.05, 0) is 6.07 Å².